The van der Waals surface area contributed by atoms with Gasteiger partial charge >= 0.3 is 6.47 Å². The molecular formula is C13H11O2. The molecule has 75 valence electrons. The maximum absolute atomic E-state index is 9.94. The summed E-state index contributed by atoms with van der Waals surface area (Å²) in [6, 6.07) is 12.3. The molecule has 0 aliphatic heterocycles. The van der Waals surface area contributed by atoms with E-state index in [1.807, 2.05) is 18.2 Å². The molecule has 0 atom stereocenters. The normalized spacial score (nSPS) is 10.2. The Morgan fingerprint density at radius 3 is 2.67 bits per heavy atom. The summed E-state index contributed by atoms with van der Waals surface area (Å²) in [6.07, 6.45) is 0. The van der Waals surface area contributed by atoms with E-state index in [2.05, 4.69) is 29.9 Å². The van der Waals surface area contributed by atoms with Crippen molar-refractivity contribution >= 4 is 17.2 Å². The van der Waals surface area contributed by atoms with Crippen LogP contribution in [0.15, 0.2) is 36.4 Å². The quantitative estimate of drug-likeness (QED) is 0.759. The Morgan fingerprint density at radius 1 is 1.13 bits per heavy atom. The minimum Gasteiger partial charge on any atom is -0.452 e. The van der Waals surface area contributed by atoms with Gasteiger partial charge in [0.15, 0.2) is 0 Å². The third kappa shape index (κ3) is 2.15. The van der Waals surface area contributed by atoms with E-state index in [4.69, 9.17) is 0 Å². The maximum Gasteiger partial charge on any atom is 0.417 e. The van der Waals surface area contributed by atoms with Crippen molar-refractivity contribution in [1.29, 1.82) is 0 Å². The van der Waals surface area contributed by atoms with Gasteiger partial charge in [0.1, 0.15) is 6.61 Å². The van der Waals surface area contributed by atoms with Gasteiger partial charge < -0.3 is 4.74 Å². The lowest BCUT2D eigenvalue weighted by Crippen LogP contribution is -1.89. The second kappa shape index (κ2) is 4.13. The molecule has 0 saturated carbocycles. The summed E-state index contributed by atoms with van der Waals surface area (Å²) < 4.78 is 4.59. The van der Waals surface area contributed by atoms with Crippen LogP contribution < -0.4 is 0 Å². The van der Waals surface area contributed by atoms with Gasteiger partial charge in [-0.1, -0.05) is 35.9 Å². The first kappa shape index (κ1) is 9.71. The minimum atomic E-state index is 0.285. The van der Waals surface area contributed by atoms with Crippen molar-refractivity contribution in [2.75, 3.05) is 0 Å². The number of ether oxygens (including phenoxy) is 1. The van der Waals surface area contributed by atoms with Crippen molar-refractivity contribution in [3.63, 3.8) is 0 Å². The Morgan fingerprint density at radius 2 is 1.87 bits per heavy atom. The molecule has 2 rings (SSSR count). The minimum absolute atomic E-state index is 0.285. The van der Waals surface area contributed by atoms with Crippen molar-refractivity contribution in [3.8, 4) is 0 Å². The molecule has 0 amide bonds. The molecule has 0 aliphatic rings. The summed E-state index contributed by atoms with van der Waals surface area (Å²) in [5.74, 6) is 0. The van der Waals surface area contributed by atoms with Gasteiger partial charge in [0.05, 0.1) is 0 Å². The highest BCUT2D eigenvalue weighted by molar-refractivity contribution is 5.83. The number of aryl methyl sites for hydroxylation is 1. The fourth-order valence-electron chi connectivity index (χ4n) is 1.62. The lowest BCUT2D eigenvalue weighted by atomic mass is 10.1. The van der Waals surface area contributed by atoms with Crippen LogP contribution in [0, 0.1) is 6.92 Å². The SMILES string of the molecule is Cc1ccc2cc(CO[C]=O)ccc2c1. The van der Waals surface area contributed by atoms with E-state index in [-0.39, 0.29) is 6.61 Å². The third-order valence-electron chi connectivity index (χ3n) is 2.36. The van der Waals surface area contributed by atoms with Crippen LogP contribution in [0.3, 0.4) is 0 Å². The molecule has 0 bridgehead atoms. The zero-order valence-corrected chi connectivity index (χ0v) is 8.49. The molecule has 0 spiro atoms. The van der Waals surface area contributed by atoms with Crippen LogP contribution in [0.25, 0.3) is 10.8 Å². The molecule has 0 aliphatic carbocycles. The molecule has 2 heteroatoms. The van der Waals surface area contributed by atoms with Crippen LogP contribution >= 0.6 is 0 Å². The maximum atomic E-state index is 9.94. The first-order valence-corrected chi connectivity index (χ1v) is 4.78. The highest BCUT2D eigenvalue weighted by atomic mass is 16.5. The van der Waals surface area contributed by atoms with E-state index in [1.54, 1.807) is 0 Å². The van der Waals surface area contributed by atoms with Crippen LogP contribution in [-0.4, -0.2) is 6.47 Å². The first-order chi connectivity index (χ1) is 7.29. The molecule has 0 unspecified atom stereocenters. The number of rotatable bonds is 3. The van der Waals surface area contributed by atoms with Crippen molar-refractivity contribution in [3.05, 3.63) is 47.5 Å². The Kier molecular flexibility index (Phi) is 2.68. The number of fused-ring (bicyclic) bond motifs is 1. The lowest BCUT2D eigenvalue weighted by molar-refractivity contribution is 0.267. The monoisotopic (exact) mass is 199 g/mol. The summed E-state index contributed by atoms with van der Waals surface area (Å²) in [6.45, 7) is 3.78. The van der Waals surface area contributed by atoms with Gasteiger partial charge in [-0.3, -0.25) is 0 Å². The second-order valence-electron chi connectivity index (χ2n) is 3.56. The third-order valence-corrected chi connectivity index (χ3v) is 2.36. The van der Waals surface area contributed by atoms with Crippen molar-refractivity contribution < 1.29 is 9.53 Å². The molecule has 0 heterocycles. The van der Waals surface area contributed by atoms with Gasteiger partial charge in [0.25, 0.3) is 0 Å². The largest absolute Gasteiger partial charge is 0.452 e. The van der Waals surface area contributed by atoms with E-state index in [9.17, 15) is 4.79 Å². The van der Waals surface area contributed by atoms with Crippen LogP contribution in [0.4, 0.5) is 0 Å². The fourth-order valence-corrected chi connectivity index (χ4v) is 1.62. The van der Waals surface area contributed by atoms with Crippen molar-refractivity contribution in [2.24, 2.45) is 0 Å². The highest BCUT2D eigenvalue weighted by Gasteiger charge is 1.97. The fraction of sp³-hybridized carbons (Fsp3) is 0.154. The Labute approximate surface area is 88.5 Å². The number of hydrogen-bond donors (Lipinski definition) is 0. The predicted molar refractivity (Wildman–Crippen MR) is 59.2 cm³/mol. The number of carbonyl (C=O) groups excluding carboxylic acids is 1. The molecular weight excluding hydrogens is 188 g/mol. The number of hydrogen-bond acceptors (Lipinski definition) is 2. The standard InChI is InChI=1S/C13H11O2/c1-10-2-4-13-7-11(8-15-9-14)3-5-12(13)6-10/h2-7H,8H2,1H3. The number of benzene rings is 2. The highest BCUT2D eigenvalue weighted by Crippen LogP contribution is 2.17. The van der Waals surface area contributed by atoms with E-state index in [0.717, 1.165) is 10.9 Å². The topological polar surface area (TPSA) is 26.3 Å². The molecule has 2 aromatic carbocycles. The van der Waals surface area contributed by atoms with Crippen LogP contribution in [0.2, 0.25) is 0 Å². The zero-order valence-electron chi connectivity index (χ0n) is 8.49. The molecule has 1 radical (unpaired) electrons. The second-order valence-corrected chi connectivity index (χ2v) is 3.56. The summed E-state index contributed by atoms with van der Waals surface area (Å²) in [5.41, 5.74) is 2.22. The zero-order chi connectivity index (χ0) is 10.7. The molecule has 2 nitrogen and oxygen atoms in total. The van der Waals surface area contributed by atoms with E-state index < -0.39 is 0 Å². The van der Waals surface area contributed by atoms with Crippen LogP contribution in [0.1, 0.15) is 11.1 Å². The molecule has 0 aromatic heterocycles. The van der Waals surface area contributed by atoms with Gasteiger partial charge in [-0.05, 0) is 29.3 Å². The molecule has 0 fully saturated rings. The van der Waals surface area contributed by atoms with E-state index >= 15 is 0 Å². The Hall–Kier alpha value is -1.83. The smallest absolute Gasteiger partial charge is 0.417 e. The average molecular weight is 199 g/mol. The van der Waals surface area contributed by atoms with Crippen molar-refractivity contribution in [1.82, 2.24) is 0 Å². The summed E-state index contributed by atoms with van der Waals surface area (Å²) >= 11 is 0. The summed E-state index contributed by atoms with van der Waals surface area (Å²) in [7, 11) is 0. The van der Waals surface area contributed by atoms with Crippen LogP contribution in [0.5, 0.6) is 0 Å². The van der Waals surface area contributed by atoms with Gasteiger partial charge in [-0.15, -0.1) is 0 Å². The average Bonchev–Trinajstić information content (AvgIpc) is 2.26. The van der Waals surface area contributed by atoms with Gasteiger partial charge in [0.2, 0.25) is 0 Å². The summed E-state index contributed by atoms with van der Waals surface area (Å²) in [4.78, 5) is 9.94. The van der Waals surface area contributed by atoms with Gasteiger partial charge in [0, 0.05) is 0 Å². The van der Waals surface area contributed by atoms with Crippen molar-refractivity contribution in [2.45, 2.75) is 13.5 Å². The molecule has 15 heavy (non-hydrogen) atoms. The Balaban J connectivity index is 2.38. The molecule has 0 saturated heterocycles. The predicted octanol–water partition coefficient (Wildman–Crippen LogP) is 2.73. The van der Waals surface area contributed by atoms with Crippen LogP contribution in [-0.2, 0) is 16.1 Å². The summed E-state index contributed by atoms with van der Waals surface area (Å²) in [5, 5.41) is 2.36. The Bertz CT molecular complexity index is 489. The van der Waals surface area contributed by atoms with E-state index in [0.29, 0.717) is 0 Å². The lowest BCUT2D eigenvalue weighted by Gasteiger charge is -2.03. The molecule has 2 aromatic rings. The first-order valence-electron chi connectivity index (χ1n) is 4.78. The molecule has 0 N–H and O–H groups in total. The van der Waals surface area contributed by atoms with E-state index in [1.165, 1.54) is 17.4 Å². The van der Waals surface area contributed by atoms with Gasteiger partial charge in [-0.25, -0.2) is 4.79 Å². The van der Waals surface area contributed by atoms with Gasteiger partial charge in [-0.2, -0.15) is 0 Å².